The average Bonchev–Trinajstić information content (AvgIpc) is 2.45. The minimum atomic E-state index is -0.0940. The van der Waals surface area contributed by atoms with E-state index in [1.165, 1.54) is 22.3 Å². The minimum Gasteiger partial charge on any atom is -0.507 e. The lowest BCUT2D eigenvalue weighted by Gasteiger charge is -2.28. The van der Waals surface area contributed by atoms with Crippen molar-refractivity contribution in [3.8, 4) is 5.75 Å². The molecule has 0 radical (unpaired) electrons. The van der Waals surface area contributed by atoms with Crippen LogP contribution in [-0.2, 0) is 22.7 Å². The van der Waals surface area contributed by atoms with Crippen LogP contribution < -0.4 is 0 Å². The van der Waals surface area contributed by atoms with Gasteiger partial charge in [0.25, 0.3) is 0 Å². The quantitative estimate of drug-likeness (QED) is 0.596. The fourth-order valence-corrected chi connectivity index (χ4v) is 3.57. The fourth-order valence-electron chi connectivity index (χ4n) is 3.57. The molecule has 0 aliphatic rings. The summed E-state index contributed by atoms with van der Waals surface area (Å²) in [5.41, 5.74) is 7.32. The number of phenols is 1. The van der Waals surface area contributed by atoms with Gasteiger partial charge in [0.15, 0.2) is 0 Å². The van der Waals surface area contributed by atoms with Crippen molar-refractivity contribution < 1.29 is 5.11 Å². The molecule has 1 nitrogen and oxygen atoms in total. The zero-order valence-corrected chi connectivity index (χ0v) is 19.0. The molecule has 2 aromatic carbocycles. The van der Waals surface area contributed by atoms with Crippen LogP contribution in [0.2, 0.25) is 0 Å². The summed E-state index contributed by atoms with van der Waals surface area (Å²) in [6, 6.07) is 11.3. The second kappa shape index (κ2) is 7.00. The van der Waals surface area contributed by atoms with Gasteiger partial charge in [-0.3, -0.25) is 0 Å². The Hall–Kier alpha value is -1.76. The van der Waals surface area contributed by atoms with Crippen molar-refractivity contribution >= 4 is 0 Å². The summed E-state index contributed by atoms with van der Waals surface area (Å²) in [5.74, 6) is 0.457. The standard InChI is InChI=1S/C26H38O/c1-17-11-18(14-20(12-17)24(2,3)4)13-19-15-21(25(5,6)7)23(27)22(16-19)26(8,9)10/h11-12,14-16,27H,13H2,1-10H3. The van der Waals surface area contributed by atoms with Crippen LogP contribution in [0.1, 0.15) is 95.7 Å². The highest BCUT2D eigenvalue weighted by molar-refractivity contribution is 5.51. The lowest BCUT2D eigenvalue weighted by Crippen LogP contribution is -2.18. The summed E-state index contributed by atoms with van der Waals surface area (Å²) >= 11 is 0. The van der Waals surface area contributed by atoms with E-state index < -0.39 is 0 Å². The lowest BCUT2D eigenvalue weighted by molar-refractivity contribution is 0.423. The van der Waals surface area contributed by atoms with E-state index in [9.17, 15) is 5.11 Å². The lowest BCUT2D eigenvalue weighted by atomic mass is 9.77. The predicted octanol–water partition coefficient (Wildman–Crippen LogP) is 7.18. The molecule has 27 heavy (non-hydrogen) atoms. The number of hydrogen-bond acceptors (Lipinski definition) is 1. The summed E-state index contributed by atoms with van der Waals surface area (Å²) in [6.07, 6.45) is 0.886. The molecule has 0 aliphatic carbocycles. The molecule has 148 valence electrons. The Balaban J connectivity index is 2.59. The first-order valence-corrected chi connectivity index (χ1v) is 10.1. The van der Waals surface area contributed by atoms with Crippen molar-refractivity contribution in [2.24, 2.45) is 0 Å². The summed E-state index contributed by atoms with van der Waals surface area (Å²) in [7, 11) is 0. The maximum Gasteiger partial charge on any atom is 0.123 e. The van der Waals surface area contributed by atoms with Crippen molar-refractivity contribution in [3.05, 3.63) is 63.7 Å². The first kappa shape index (κ1) is 21.5. The van der Waals surface area contributed by atoms with Gasteiger partial charge in [-0.2, -0.15) is 0 Å². The molecule has 0 saturated carbocycles. The van der Waals surface area contributed by atoms with Crippen LogP contribution in [0.4, 0.5) is 0 Å². The van der Waals surface area contributed by atoms with Crippen molar-refractivity contribution in [1.82, 2.24) is 0 Å². The van der Waals surface area contributed by atoms with Gasteiger partial charge in [0.1, 0.15) is 5.75 Å². The van der Waals surface area contributed by atoms with Crippen LogP contribution in [0.15, 0.2) is 30.3 Å². The Morgan fingerprint density at radius 1 is 0.630 bits per heavy atom. The highest BCUT2D eigenvalue weighted by Crippen LogP contribution is 2.40. The van der Waals surface area contributed by atoms with Gasteiger partial charge in [-0.1, -0.05) is 98.2 Å². The van der Waals surface area contributed by atoms with Crippen LogP contribution in [0.3, 0.4) is 0 Å². The van der Waals surface area contributed by atoms with Gasteiger partial charge in [-0.25, -0.2) is 0 Å². The number of benzene rings is 2. The third-order valence-electron chi connectivity index (χ3n) is 5.20. The van der Waals surface area contributed by atoms with Crippen molar-refractivity contribution in [2.45, 2.75) is 91.9 Å². The van der Waals surface area contributed by atoms with E-state index in [0.29, 0.717) is 5.75 Å². The molecule has 0 atom stereocenters. The van der Waals surface area contributed by atoms with Crippen molar-refractivity contribution in [3.63, 3.8) is 0 Å². The van der Waals surface area contributed by atoms with Gasteiger partial charge in [-0.05, 0) is 57.4 Å². The molecule has 1 N–H and O–H groups in total. The molecule has 0 saturated heterocycles. The Morgan fingerprint density at radius 3 is 1.48 bits per heavy atom. The SMILES string of the molecule is Cc1cc(Cc2cc(C(C)(C)C)c(O)c(C(C)(C)C)c2)cc(C(C)(C)C)c1. The average molecular weight is 367 g/mol. The molecule has 0 unspecified atom stereocenters. The second-order valence-corrected chi connectivity index (χ2v) is 11.2. The molecular formula is C26H38O. The van der Waals surface area contributed by atoms with Crippen LogP contribution in [0.5, 0.6) is 5.75 Å². The number of phenolic OH excluding ortho intramolecular Hbond substituents is 1. The molecule has 0 fully saturated rings. The monoisotopic (exact) mass is 366 g/mol. The molecule has 0 aliphatic heterocycles. The molecule has 0 aromatic heterocycles. The molecule has 1 heteroatoms. The van der Waals surface area contributed by atoms with Crippen molar-refractivity contribution in [1.29, 1.82) is 0 Å². The number of aryl methyl sites for hydroxylation is 1. The van der Waals surface area contributed by atoms with Crippen LogP contribution in [0, 0.1) is 6.92 Å². The Kier molecular flexibility index (Phi) is 5.59. The summed E-state index contributed by atoms with van der Waals surface area (Å²) in [6.45, 7) is 22.0. The Labute approximate surface area is 166 Å². The van der Waals surface area contributed by atoms with E-state index in [0.717, 1.165) is 17.5 Å². The van der Waals surface area contributed by atoms with E-state index >= 15 is 0 Å². The van der Waals surface area contributed by atoms with Gasteiger partial charge in [0, 0.05) is 0 Å². The molecule has 0 bridgehead atoms. The third kappa shape index (κ3) is 5.15. The molecule has 0 spiro atoms. The van der Waals surface area contributed by atoms with E-state index in [1.807, 2.05) is 0 Å². The second-order valence-electron chi connectivity index (χ2n) is 11.2. The van der Waals surface area contributed by atoms with Crippen LogP contribution in [-0.4, -0.2) is 5.11 Å². The summed E-state index contributed by atoms with van der Waals surface area (Å²) in [4.78, 5) is 0. The van der Waals surface area contributed by atoms with Gasteiger partial charge in [0.2, 0.25) is 0 Å². The van der Waals surface area contributed by atoms with Gasteiger partial charge in [0.05, 0.1) is 0 Å². The summed E-state index contributed by atoms with van der Waals surface area (Å²) in [5, 5.41) is 10.9. The topological polar surface area (TPSA) is 20.2 Å². The van der Waals surface area contributed by atoms with E-state index in [2.05, 4.69) is 99.6 Å². The predicted molar refractivity (Wildman–Crippen MR) is 118 cm³/mol. The normalized spacial score (nSPS) is 13.1. The van der Waals surface area contributed by atoms with Crippen LogP contribution in [0.25, 0.3) is 0 Å². The number of rotatable bonds is 2. The minimum absolute atomic E-state index is 0.0940. The van der Waals surface area contributed by atoms with E-state index in [1.54, 1.807) is 0 Å². The van der Waals surface area contributed by atoms with Gasteiger partial charge in [-0.15, -0.1) is 0 Å². The Morgan fingerprint density at radius 2 is 1.07 bits per heavy atom. The zero-order valence-electron chi connectivity index (χ0n) is 19.0. The Bertz CT molecular complexity index is 786. The highest BCUT2D eigenvalue weighted by Gasteiger charge is 2.26. The fraction of sp³-hybridized carbons (Fsp3) is 0.538. The number of aromatic hydroxyl groups is 1. The van der Waals surface area contributed by atoms with Crippen LogP contribution >= 0.6 is 0 Å². The largest absolute Gasteiger partial charge is 0.507 e. The number of hydrogen-bond donors (Lipinski definition) is 1. The smallest absolute Gasteiger partial charge is 0.123 e. The van der Waals surface area contributed by atoms with E-state index in [-0.39, 0.29) is 16.2 Å². The van der Waals surface area contributed by atoms with Crippen molar-refractivity contribution in [2.75, 3.05) is 0 Å². The summed E-state index contributed by atoms with van der Waals surface area (Å²) < 4.78 is 0. The molecule has 0 heterocycles. The first-order valence-electron chi connectivity index (χ1n) is 10.1. The van der Waals surface area contributed by atoms with Gasteiger partial charge >= 0.3 is 0 Å². The first-order chi connectivity index (χ1) is 12.1. The highest BCUT2D eigenvalue weighted by atomic mass is 16.3. The van der Waals surface area contributed by atoms with E-state index in [4.69, 9.17) is 0 Å². The molecule has 0 amide bonds. The molecular weight excluding hydrogens is 328 g/mol. The third-order valence-corrected chi connectivity index (χ3v) is 5.20. The maximum atomic E-state index is 10.9. The maximum absolute atomic E-state index is 10.9. The molecule has 2 aromatic rings. The van der Waals surface area contributed by atoms with Gasteiger partial charge < -0.3 is 5.11 Å². The molecule has 2 rings (SSSR count). The zero-order chi connectivity index (χ0) is 20.8.